The number of thiophene rings is 1. The molecule has 33 heavy (non-hydrogen) atoms. The lowest BCUT2D eigenvalue weighted by Gasteiger charge is -2.27. The minimum atomic E-state index is -0.327. The Balaban J connectivity index is 1.72. The third kappa shape index (κ3) is 7.51. The lowest BCUT2D eigenvalue weighted by atomic mass is 10.2. The van der Waals surface area contributed by atoms with E-state index in [4.69, 9.17) is 0 Å². The smallest absolute Gasteiger partial charge is 0.322 e. The Bertz CT molecular complexity index is 1060. The van der Waals surface area contributed by atoms with Crippen molar-refractivity contribution in [3.8, 4) is 0 Å². The molecule has 2 aromatic carbocycles. The van der Waals surface area contributed by atoms with E-state index in [9.17, 15) is 9.59 Å². The van der Waals surface area contributed by atoms with Gasteiger partial charge < -0.3 is 15.1 Å². The fraction of sp³-hybridized carbons (Fsp3) is 0.231. The van der Waals surface area contributed by atoms with E-state index in [0.29, 0.717) is 18.8 Å². The summed E-state index contributed by atoms with van der Waals surface area (Å²) in [7, 11) is 0. The Morgan fingerprint density at radius 1 is 1.00 bits per heavy atom. The van der Waals surface area contributed by atoms with Crippen LogP contribution in [-0.2, 0) is 17.9 Å². The maximum Gasteiger partial charge on any atom is 0.322 e. The van der Waals surface area contributed by atoms with Gasteiger partial charge in [0, 0.05) is 33.4 Å². The molecule has 1 N–H and O–H groups in total. The van der Waals surface area contributed by atoms with E-state index in [1.165, 1.54) is 9.78 Å². The topological polar surface area (TPSA) is 52.7 Å². The lowest BCUT2D eigenvalue weighted by molar-refractivity contribution is -0.132. The molecule has 3 amide bonds. The standard InChI is InChI=1S/C26H29N3O2S2/c1-4-16-28(26(31)27-22-11-14-23(32-3)15-12-22)19-25(30)29(17-21-8-6-5-7-9-21)18-24-13-10-20(2)33-24/h4-15H,1,16-19H2,2-3H3,(H,27,31). The van der Waals surface area contributed by atoms with Gasteiger partial charge in [-0.05, 0) is 55.1 Å². The molecule has 0 bridgehead atoms. The first-order valence-electron chi connectivity index (χ1n) is 10.7. The predicted octanol–water partition coefficient (Wildman–Crippen LogP) is 6.03. The molecule has 1 aromatic heterocycles. The number of urea groups is 1. The zero-order chi connectivity index (χ0) is 23.6. The highest BCUT2D eigenvalue weighted by Gasteiger charge is 2.22. The number of hydrogen-bond acceptors (Lipinski definition) is 4. The molecular formula is C26H29N3O2S2. The molecule has 0 radical (unpaired) electrons. The molecule has 0 unspecified atom stereocenters. The Labute approximate surface area is 204 Å². The normalized spacial score (nSPS) is 10.5. The number of hydrogen-bond donors (Lipinski definition) is 1. The van der Waals surface area contributed by atoms with E-state index >= 15 is 0 Å². The van der Waals surface area contributed by atoms with Crippen LogP contribution >= 0.6 is 23.1 Å². The van der Waals surface area contributed by atoms with Gasteiger partial charge in [0.2, 0.25) is 5.91 Å². The second kappa shape index (κ2) is 12.3. The minimum Gasteiger partial charge on any atom is -0.332 e. The molecule has 0 aliphatic rings. The number of carbonyl (C=O) groups is 2. The van der Waals surface area contributed by atoms with Gasteiger partial charge in [0.05, 0.1) is 6.54 Å². The van der Waals surface area contributed by atoms with Crippen molar-refractivity contribution in [2.75, 3.05) is 24.7 Å². The average molecular weight is 480 g/mol. The second-order valence-corrected chi connectivity index (χ2v) is 9.83. The Morgan fingerprint density at radius 3 is 2.33 bits per heavy atom. The molecule has 1 heterocycles. The van der Waals surface area contributed by atoms with Crippen LogP contribution in [0.25, 0.3) is 0 Å². The zero-order valence-electron chi connectivity index (χ0n) is 19.0. The lowest BCUT2D eigenvalue weighted by Crippen LogP contribution is -2.44. The van der Waals surface area contributed by atoms with Crippen molar-refractivity contribution < 1.29 is 9.59 Å². The summed E-state index contributed by atoms with van der Waals surface area (Å²) in [5.41, 5.74) is 1.74. The molecule has 172 valence electrons. The zero-order valence-corrected chi connectivity index (χ0v) is 20.6. The van der Waals surface area contributed by atoms with Crippen LogP contribution < -0.4 is 5.32 Å². The van der Waals surface area contributed by atoms with Crippen LogP contribution in [0.2, 0.25) is 0 Å². The van der Waals surface area contributed by atoms with Crippen molar-refractivity contribution in [2.45, 2.75) is 24.9 Å². The van der Waals surface area contributed by atoms with Gasteiger partial charge in [0.15, 0.2) is 0 Å². The molecule has 3 aromatic rings. The fourth-order valence-corrected chi connectivity index (χ4v) is 4.62. The molecule has 0 aliphatic carbocycles. The Hall–Kier alpha value is -3.03. The van der Waals surface area contributed by atoms with Crippen LogP contribution in [0.15, 0.2) is 84.3 Å². The molecule has 0 spiro atoms. The SMILES string of the molecule is C=CCN(CC(=O)N(Cc1ccccc1)Cc1ccc(C)s1)C(=O)Nc1ccc(SC)cc1. The third-order valence-corrected chi connectivity index (χ3v) is 6.74. The third-order valence-electron chi connectivity index (χ3n) is 5.02. The van der Waals surface area contributed by atoms with Crippen molar-refractivity contribution >= 4 is 40.7 Å². The van der Waals surface area contributed by atoms with Crippen LogP contribution in [0, 0.1) is 6.92 Å². The maximum atomic E-state index is 13.4. The first-order valence-corrected chi connectivity index (χ1v) is 12.7. The molecule has 0 atom stereocenters. The summed E-state index contributed by atoms with van der Waals surface area (Å²) in [5, 5.41) is 2.89. The van der Waals surface area contributed by atoms with Crippen molar-refractivity contribution in [3.05, 3.63) is 94.7 Å². The fourth-order valence-electron chi connectivity index (χ4n) is 3.31. The molecule has 0 aliphatic heterocycles. The van der Waals surface area contributed by atoms with E-state index in [-0.39, 0.29) is 25.0 Å². The largest absolute Gasteiger partial charge is 0.332 e. The van der Waals surface area contributed by atoms with Gasteiger partial charge >= 0.3 is 6.03 Å². The molecule has 7 heteroatoms. The number of nitrogens with zero attached hydrogens (tertiary/aromatic N) is 2. The molecule has 5 nitrogen and oxygen atoms in total. The van der Waals surface area contributed by atoms with Crippen molar-refractivity contribution in [2.24, 2.45) is 0 Å². The monoisotopic (exact) mass is 479 g/mol. The van der Waals surface area contributed by atoms with Crippen molar-refractivity contribution in [1.82, 2.24) is 9.80 Å². The molecule has 0 fully saturated rings. The molecule has 0 saturated carbocycles. The quantitative estimate of drug-likeness (QED) is 0.285. The predicted molar refractivity (Wildman–Crippen MR) is 139 cm³/mol. The molecule has 0 saturated heterocycles. The first kappa shape index (κ1) is 24.6. The number of rotatable bonds is 10. The van der Waals surface area contributed by atoms with Gasteiger partial charge in [-0.2, -0.15) is 0 Å². The summed E-state index contributed by atoms with van der Waals surface area (Å²) in [6.07, 6.45) is 3.64. The average Bonchev–Trinajstić information content (AvgIpc) is 3.24. The number of amides is 3. The minimum absolute atomic E-state index is 0.0298. The van der Waals surface area contributed by atoms with Crippen LogP contribution in [-0.4, -0.2) is 41.1 Å². The summed E-state index contributed by atoms with van der Waals surface area (Å²) < 4.78 is 0. The highest BCUT2D eigenvalue weighted by atomic mass is 32.2. The Morgan fingerprint density at radius 2 is 1.73 bits per heavy atom. The number of thioether (sulfide) groups is 1. The maximum absolute atomic E-state index is 13.4. The Kier molecular flexibility index (Phi) is 9.15. The number of aryl methyl sites for hydroxylation is 1. The summed E-state index contributed by atoms with van der Waals surface area (Å²) in [6.45, 7) is 7.04. The van der Waals surface area contributed by atoms with Gasteiger partial charge in [-0.15, -0.1) is 29.7 Å². The number of nitrogens with one attached hydrogen (secondary N) is 1. The highest BCUT2D eigenvalue weighted by molar-refractivity contribution is 7.98. The first-order chi connectivity index (χ1) is 16.0. The van der Waals surface area contributed by atoms with Crippen LogP contribution in [0.5, 0.6) is 0 Å². The summed E-state index contributed by atoms with van der Waals surface area (Å²) in [4.78, 5) is 33.0. The molecular weight excluding hydrogens is 450 g/mol. The number of carbonyl (C=O) groups excluding carboxylic acids is 2. The highest BCUT2D eigenvalue weighted by Crippen LogP contribution is 2.20. The van der Waals surface area contributed by atoms with Gasteiger partial charge in [-0.3, -0.25) is 4.79 Å². The van der Waals surface area contributed by atoms with Crippen molar-refractivity contribution in [3.63, 3.8) is 0 Å². The summed E-state index contributed by atoms with van der Waals surface area (Å²) >= 11 is 3.32. The summed E-state index contributed by atoms with van der Waals surface area (Å²) in [5.74, 6) is -0.111. The van der Waals surface area contributed by atoms with E-state index < -0.39 is 0 Å². The van der Waals surface area contributed by atoms with Crippen LogP contribution in [0.4, 0.5) is 10.5 Å². The van der Waals surface area contributed by atoms with Crippen LogP contribution in [0.1, 0.15) is 15.3 Å². The molecule has 3 rings (SSSR count). The van der Waals surface area contributed by atoms with E-state index in [1.54, 1.807) is 34.1 Å². The van der Waals surface area contributed by atoms with E-state index in [2.05, 4.69) is 31.0 Å². The van der Waals surface area contributed by atoms with Gasteiger partial charge in [0.25, 0.3) is 0 Å². The second-order valence-electron chi connectivity index (χ2n) is 7.58. The number of benzene rings is 2. The number of anilines is 1. The van der Waals surface area contributed by atoms with E-state index in [0.717, 1.165) is 15.3 Å². The van der Waals surface area contributed by atoms with Crippen molar-refractivity contribution in [1.29, 1.82) is 0 Å². The van der Waals surface area contributed by atoms with Crippen LogP contribution in [0.3, 0.4) is 0 Å². The van der Waals surface area contributed by atoms with Gasteiger partial charge in [-0.25, -0.2) is 4.79 Å². The van der Waals surface area contributed by atoms with E-state index in [1.807, 2.05) is 60.9 Å². The van der Waals surface area contributed by atoms with Gasteiger partial charge in [0.1, 0.15) is 6.54 Å². The van der Waals surface area contributed by atoms with Gasteiger partial charge in [-0.1, -0.05) is 36.4 Å². The summed E-state index contributed by atoms with van der Waals surface area (Å²) in [6, 6.07) is 21.3.